The number of benzene rings is 1. The van der Waals surface area contributed by atoms with Crippen LogP contribution in [0.2, 0.25) is 0 Å². The van der Waals surface area contributed by atoms with Crippen molar-refractivity contribution in [3.05, 3.63) is 34.9 Å². The number of carbonyl (C=O) groups is 1. The molecule has 0 aliphatic carbocycles. The van der Waals surface area contributed by atoms with Crippen LogP contribution in [0, 0.1) is 23.3 Å². The summed E-state index contributed by atoms with van der Waals surface area (Å²) in [6.45, 7) is -0.0658. The highest BCUT2D eigenvalue weighted by Gasteiger charge is 2.30. The molecule has 3 nitrogen and oxygen atoms in total. The Hall–Kier alpha value is -1.63. The standard InChI is InChI=1S/C14H15F4NO2/c15-10-6-9(11(16)13(18)12(10)17)14(21)19-5-3-1-2-4-8(19)7-20/h6,8,20H,1-5,7H2. The first kappa shape index (κ1) is 15.8. The maximum atomic E-state index is 13.7. The van der Waals surface area contributed by atoms with Gasteiger partial charge in [-0.3, -0.25) is 4.79 Å². The molecule has 1 unspecified atom stereocenters. The average Bonchev–Trinajstić information content (AvgIpc) is 2.73. The maximum absolute atomic E-state index is 13.7. The molecule has 1 amide bonds. The molecule has 0 spiro atoms. The Bertz CT molecular complexity index is 550. The van der Waals surface area contributed by atoms with E-state index in [1.807, 2.05) is 0 Å². The number of nitrogens with zero attached hydrogens (tertiary/aromatic N) is 1. The number of aliphatic hydroxyl groups excluding tert-OH is 1. The molecule has 116 valence electrons. The Balaban J connectivity index is 2.38. The van der Waals surface area contributed by atoms with Gasteiger partial charge in [-0.25, -0.2) is 17.6 Å². The summed E-state index contributed by atoms with van der Waals surface area (Å²) in [7, 11) is 0. The Morgan fingerprint density at radius 1 is 1.14 bits per heavy atom. The Morgan fingerprint density at radius 3 is 2.52 bits per heavy atom. The van der Waals surface area contributed by atoms with Crippen molar-refractivity contribution >= 4 is 5.91 Å². The second-order valence-electron chi connectivity index (χ2n) is 5.03. The molecule has 1 aromatic carbocycles. The van der Waals surface area contributed by atoms with Gasteiger partial charge in [-0.2, -0.15) is 0 Å². The van der Waals surface area contributed by atoms with Crippen LogP contribution in [0.4, 0.5) is 17.6 Å². The third-order valence-corrected chi connectivity index (χ3v) is 3.68. The molecule has 1 fully saturated rings. The van der Waals surface area contributed by atoms with Gasteiger partial charge in [0.25, 0.3) is 5.91 Å². The monoisotopic (exact) mass is 305 g/mol. The summed E-state index contributed by atoms with van der Waals surface area (Å²) < 4.78 is 53.1. The number of hydrogen-bond acceptors (Lipinski definition) is 2. The molecule has 1 atom stereocenters. The number of hydrogen-bond donors (Lipinski definition) is 1. The molecule has 1 aliphatic heterocycles. The largest absolute Gasteiger partial charge is 0.394 e. The topological polar surface area (TPSA) is 40.5 Å². The third kappa shape index (κ3) is 3.02. The lowest BCUT2D eigenvalue weighted by molar-refractivity contribution is 0.0593. The van der Waals surface area contributed by atoms with Crippen LogP contribution in [0.5, 0.6) is 0 Å². The SMILES string of the molecule is O=C(c1cc(F)c(F)c(F)c1F)N1CCCCCC1CO. The molecule has 1 aromatic rings. The van der Waals surface area contributed by atoms with Crippen LogP contribution in [0.25, 0.3) is 0 Å². The normalized spacial score (nSPS) is 19.5. The second-order valence-corrected chi connectivity index (χ2v) is 5.03. The molecule has 2 rings (SSSR count). The van der Waals surface area contributed by atoms with Crippen molar-refractivity contribution in [3.8, 4) is 0 Å². The van der Waals surface area contributed by atoms with Gasteiger partial charge >= 0.3 is 0 Å². The van der Waals surface area contributed by atoms with Gasteiger partial charge < -0.3 is 10.0 Å². The fourth-order valence-corrected chi connectivity index (χ4v) is 2.52. The summed E-state index contributed by atoms with van der Waals surface area (Å²) in [4.78, 5) is 13.5. The van der Waals surface area contributed by atoms with Crippen LogP contribution in [0.3, 0.4) is 0 Å². The van der Waals surface area contributed by atoms with Crippen LogP contribution in [-0.4, -0.2) is 35.1 Å². The number of carbonyl (C=O) groups excluding carboxylic acids is 1. The van der Waals surface area contributed by atoms with Crippen molar-refractivity contribution < 1.29 is 27.5 Å². The molecule has 0 saturated carbocycles. The maximum Gasteiger partial charge on any atom is 0.257 e. The first-order valence-electron chi connectivity index (χ1n) is 6.72. The smallest absolute Gasteiger partial charge is 0.257 e. The van der Waals surface area contributed by atoms with E-state index in [0.717, 1.165) is 12.8 Å². The molecule has 1 saturated heterocycles. The van der Waals surface area contributed by atoms with Crippen LogP contribution in [0.15, 0.2) is 6.07 Å². The van der Waals surface area contributed by atoms with Crippen molar-refractivity contribution in [1.29, 1.82) is 0 Å². The average molecular weight is 305 g/mol. The zero-order chi connectivity index (χ0) is 15.6. The molecular weight excluding hydrogens is 290 g/mol. The van der Waals surface area contributed by atoms with Gasteiger partial charge in [0.2, 0.25) is 0 Å². The first-order chi connectivity index (χ1) is 9.97. The van der Waals surface area contributed by atoms with Crippen molar-refractivity contribution in [3.63, 3.8) is 0 Å². The van der Waals surface area contributed by atoms with Gasteiger partial charge in [0, 0.05) is 6.54 Å². The second kappa shape index (κ2) is 6.43. The minimum absolute atomic E-state index is 0.254. The number of rotatable bonds is 2. The summed E-state index contributed by atoms with van der Waals surface area (Å²) in [5, 5.41) is 9.31. The molecule has 1 heterocycles. The van der Waals surface area contributed by atoms with E-state index in [9.17, 15) is 27.5 Å². The fourth-order valence-electron chi connectivity index (χ4n) is 2.52. The van der Waals surface area contributed by atoms with Crippen LogP contribution in [0.1, 0.15) is 36.0 Å². The Labute approximate surface area is 119 Å². The lowest BCUT2D eigenvalue weighted by Crippen LogP contribution is -2.42. The van der Waals surface area contributed by atoms with E-state index in [2.05, 4.69) is 0 Å². The number of amides is 1. The summed E-state index contributed by atoms with van der Waals surface area (Å²) in [6.07, 6.45) is 2.81. The molecule has 0 radical (unpaired) electrons. The minimum Gasteiger partial charge on any atom is -0.394 e. The molecular formula is C14H15F4NO2. The van der Waals surface area contributed by atoms with E-state index in [1.54, 1.807) is 0 Å². The van der Waals surface area contributed by atoms with Crippen molar-refractivity contribution in [1.82, 2.24) is 4.90 Å². The predicted octanol–water partition coefficient (Wildman–Crippen LogP) is 2.62. The first-order valence-corrected chi connectivity index (χ1v) is 6.72. The lowest BCUT2D eigenvalue weighted by Gasteiger charge is -2.28. The highest BCUT2D eigenvalue weighted by molar-refractivity contribution is 5.94. The number of aliphatic hydroxyl groups is 1. The quantitative estimate of drug-likeness (QED) is 0.518. The van der Waals surface area contributed by atoms with Gasteiger partial charge in [0.1, 0.15) is 0 Å². The Kier molecular flexibility index (Phi) is 4.82. The highest BCUT2D eigenvalue weighted by atomic mass is 19.2. The van der Waals surface area contributed by atoms with Crippen molar-refractivity contribution in [2.45, 2.75) is 31.7 Å². The zero-order valence-corrected chi connectivity index (χ0v) is 11.2. The molecule has 0 aromatic heterocycles. The summed E-state index contributed by atoms with van der Waals surface area (Å²) in [5.41, 5.74) is -0.855. The lowest BCUT2D eigenvalue weighted by atomic mass is 10.1. The van der Waals surface area contributed by atoms with Crippen LogP contribution in [-0.2, 0) is 0 Å². The summed E-state index contributed by atoms with van der Waals surface area (Å²) >= 11 is 0. The van der Waals surface area contributed by atoms with E-state index < -0.39 is 40.8 Å². The zero-order valence-electron chi connectivity index (χ0n) is 11.2. The summed E-state index contributed by atoms with van der Waals surface area (Å²) in [6, 6.07) is -0.175. The highest BCUT2D eigenvalue weighted by Crippen LogP contribution is 2.23. The van der Waals surface area contributed by atoms with Crippen LogP contribution < -0.4 is 0 Å². The van der Waals surface area contributed by atoms with Gasteiger partial charge in [-0.1, -0.05) is 12.8 Å². The minimum atomic E-state index is -2.01. The number of halogens is 4. The predicted molar refractivity (Wildman–Crippen MR) is 66.7 cm³/mol. The summed E-state index contributed by atoms with van der Waals surface area (Å²) in [5.74, 6) is -8.22. The molecule has 0 bridgehead atoms. The molecule has 1 aliphatic rings. The van der Waals surface area contributed by atoms with E-state index in [0.29, 0.717) is 18.9 Å². The Morgan fingerprint density at radius 2 is 1.86 bits per heavy atom. The van der Waals surface area contributed by atoms with Crippen LogP contribution >= 0.6 is 0 Å². The van der Waals surface area contributed by atoms with Crippen molar-refractivity contribution in [2.24, 2.45) is 0 Å². The van der Waals surface area contributed by atoms with E-state index >= 15 is 0 Å². The van der Waals surface area contributed by atoms with E-state index in [4.69, 9.17) is 0 Å². The van der Waals surface area contributed by atoms with E-state index in [-0.39, 0.29) is 13.2 Å². The molecule has 7 heteroatoms. The van der Waals surface area contributed by atoms with Crippen molar-refractivity contribution in [2.75, 3.05) is 13.2 Å². The van der Waals surface area contributed by atoms with E-state index in [1.165, 1.54) is 4.90 Å². The third-order valence-electron chi connectivity index (χ3n) is 3.68. The van der Waals surface area contributed by atoms with Gasteiger partial charge in [0.05, 0.1) is 18.2 Å². The molecule has 21 heavy (non-hydrogen) atoms. The fraction of sp³-hybridized carbons (Fsp3) is 0.500. The van der Waals surface area contributed by atoms with Gasteiger partial charge in [-0.05, 0) is 18.9 Å². The van der Waals surface area contributed by atoms with Gasteiger partial charge in [-0.15, -0.1) is 0 Å². The number of likely N-dealkylation sites (tertiary alicyclic amines) is 1. The molecule has 1 N–H and O–H groups in total. The van der Waals surface area contributed by atoms with Gasteiger partial charge in [0.15, 0.2) is 23.3 Å².